The van der Waals surface area contributed by atoms with Crippen molar-refractivity contribution in [3.05, 3.63) is 82.7 Å². The summed E-state index contributed by atoms with van der Waals surface area (Å²) in [6.07, 6.45) is 1.56. The second kappa shape index (κ2) is 11.5. The lowest BCUT2D eigenvalue weighted by molar-refractivity contribution is -0.132. The van der Waals surface area contributed by atoms with Crippen molar-refractivity contribution < 1.29 is 27.4 Å². The molecule has 4 aromatic rings. The molecule has 0 saturated heterocycles. The monoisotopic (exact) mass is 553 g/mol. The van der Waals surface area contributed by atoms with Crippen molar-refractivity contribution in [3.63, 3.8) is 0 Å². The van der Waals surface area contributed by atoms with Crippen LogP contribution in [0.3, 0.4) is 0 Å². The van der Waals surface area contributed by atoms with Gasteiger partial charge in [-0.2, -0.15) is 4.31 Å². The van der Waals surface area contributed by atoms with Gasteiger partial charge in [-0.05, 0) is 41.3 Å². The van der Waals surface area contributed by atoms with E-state index in [0.29, 0.717) is 28.9 Å². The summed E-state index contributed by atoms with van der Waals surface area (Å²) in [5.41, 5.74) is 1.21. The molecule has 0 spiro atoms. The Kier molecular flexibility index (Phi) is 7.89. The molecule has 0 unspecified atom stereocenters. The molecule has 3 heterocycles. The Morgan fingerprint density at radius 1 is 1.05 bits per heavy atom. The quantitative estimate of drug-likeness (QED) is 0.278. The van der Waals surface area contributed by atoms with Gasteiger partial charge in [-0.25, -0.2) is 8.42 Å². The number of pyridine rings is 1. The molecule has 9 nitrogen and oxygen atoms in total. The van der Waals surface area contributed by atoms with Crippen LogP contribution in [0.2, 0.25) is 0 Å². The molecular formula is C27H27N3O6S2. The molecule has 0 saturated carbocycles. The molecule has 0 N–H and O–H groups in total. The maximum absolute atomic E-state index is 13.8. The van der Waals surface area contributed by atoms with Gasteiger partial charge in [0.2, 0.25) is 22.7 Å². The third-order valence-corrected chi connectivity index (χ3v) is 8.90. The topological polar surface area (TPSA) is 98.3 Å². The molecule has 2 aromatic carbocycles. The van der Waals surface area contributed by atoms with Crippen LogP contribution in [0.5, 0.6) is 11.5 Å². The van der Waals surface area contributed by atoms with E-state index in [9.17, 15) is 13.2 Å². The standard InChI is InChI=1S/C27H27N3O6S2/c1-34-13-12-30(38(32,33)25-8-2-5-21-6-3-11-28-27(21)25)18-26(31)29(17-22-7-4-14-37-22)16-20-9-10-23-24(15-20)36-19-35-23/h2-11,14-15H,12-13,16-19H2,1H3. The van der Waals surface area contributed by atoms with Crippen molar-refractivity contribution in [2.75, 3.05) is 33.6 Å². The fourth-order valence-corrected chi connectivity index (χ4v) is 6.49. The predicted molar refractivity (Wildman–Crippen MR) is 144 cm³/mol. The molecule has 5 rings (SSSR count). The molecule has 0 radical (unpaired) electrons. The largest absolute Gasteiger partial charge is 0.454 e. The Morgan fingerprint density at radius 3 is 2.71 bits per heavy atom. The minimum Gasteiger partial charge on any atom is -0.454 e. The Morgan fingerprint density at radius 2 is 1.89 bits per heavy atom. The summed E-state index contributed by atoms with van der Waals surface area (Å²) >= 11 is 1.54. The summed E-state index contributed by atoms with van der Waals surface area (Å²) in [4.78, 5) is 20.7. The Bertz CT molecular complexity index is 1520. The number of rotatable bonds is 11. The van der Waals surface area contributed by atoms with Crippen LogP contribution < -0.4 is 9.47 Å². The van der Waals surface area contributed by atoms with Gasteiger partial charge in [-0.15, -0.1) is 11.3 Å². The van der Waals surface area contributed by atoms with Crippen molar-refractivity contribution in [2.45, 2.75) is 18.0 Å². The Labute approximate surface area is 225 Å². The molecule has 0 fully saturated rings. The second-order valence-electron chi connectivity index (χ2n) is 8.68. The van der Waals surface area contributed by atoms with Crippen LogP contribution in [-0.2, 0) is 32.6 Å². The number of amides is 1. The highest BCUT2D eigenvalue weighted by atomic mass is 32.2. The van der Waals surface area contributed by atoms with E-state index in [2.05, 4.69) is 4.98 Å². The van der Waals surface area contributed by atoms with Gasteiger partial charge in [-0.3, -0.25) is 9.78 Å². The lowest BCUT2D eigenvalue weighted by atomic mass is 10.2. The van der Waals surface area contributed by atoms with E-state index in [-0.39, 0.29) is 43.8 Å². The van der Waals surface area contributed by atoms with Gasteiger partial charge in [0.25, 0.3) is 0 Å². The van der Waals surface area contributed by atoms with Gasteiger partial charge >= 0.3 is 0 Å². The molecule has 198 valence electrons. The number of methoxy groups -OCH3 is 1. The molecule has 1 amide bonds. The molecule has 0 atom stereocenters. The molecule has 1 aliphatic rings. The Balaban J connectivity index is 1.44. The van der Waals surface area contributed by atoms with Gasteiger partial charge in [0.1, 0.15) is 4.90 Å². The third-order valence-electron chi connectivity index (χ3n) is 6.16. The highest BCUT2D eigenvalue weighted by Crippen LogP contribution is 2.33. The highest BCUT2D eigenvalue weighted by molar-refractivity contribution is 7.89. The first-order chi connectivity index (χ1) is 18.5. The van der Waals surface area contributed by atoms with Crippen molar-refractivity contribution in [2.24, 2.45) is 0 Å². The first-order valence-electron chi connectivity index (χ1n) is 12.0. The zero-order chi connectivity index (χ0) is 26.5. The molecular weight excluding hydrogens is 526 g/mol. The van der Waals surface area contributed by atoms with E-state index < -0.39 is 10.0 Å². The van der Waals surface area contributed by atoms with Gasteiger partial charge in [0.05, 0.1) is 25.2 Å². The van der Waals surface area contributed by atoms with E-state index in [4.69, 9.17) is 14.2 Å². The lowest BCUT2D eigenvalue weighted by Crippen LogP contribution is -2.43. The minimum absolute atomic E-state index is 0.0185. The fourth-order valence-electron chi connectivity index (χ4n) is 4.23. The Hall–Kier alpha value is -3.51. The van der Waals surface area contributed by atoms with Crippen molar-refractivity contribution in [1.29, 1.82) is 0 Å². The van der Waals surface area contributed by atoms with E-state index in [1.165, 1.54) is 28.8 Å². The average Bonchev–Trinajstić information content (AvgIpc) is 3.62. The summed E-state index contributed by atoms with van der Waals surface area (Å²) in [5, 5.41) is 2.65. The normalized spacial score (nSPS) is 12.8. The van der Waals surface area contributed by atoms with Crippen LogP contribution in [-0.4, -0.2) is 62.1 Å². The van der Waals surface area contributed by atoms with Crippen molar-refractivity contribution >= 4 is 38.2 Å². The average molecular weight is 554 g/mol. The third kappa shape index (κ3) is 5.65. The summed E-state index contributed by atoms with van der Waals surface area (Å²) in [7, 11) is -2.57. The molecule has 0 aliphatic carbocycles. The van der Waals surface area contributed by atoms with Crippen LogP contribution in [0.4, 0.5) is 0 Å². The zero-order valence-electron chi connectivity index (χ0n) is 20.8. The van der Waals surface area contributed by atoms with E-state index >= 15 is 0 Å². The van der Waals surface area contributed by atoms with Crippen LogP contribution >= 0.6 is 11.3 Å². The van der Waals surface area contributed by atoms with Crippen molar-refractivity contribution in [1.82, 2.24) is 14.2 Å². The van der Waals surface area contributed by atoms with Crippen LogP contribution in [0.15, 0.2) is 77.1 Å². The fraction of sp³-hybridized carbons (Fsp3) is 0.259. The number of para-hydroxylation sites is 1. The molecule has 38 heavy (non-hydrogen) atoms. The summed E-state index contributed by atoms with van der Waals surface area (Å²) in [5.74, 6) is 0.952. The maximum Gasteiger partial charge on any atom is 0.245 e. The highest BCUT2D eigenvalue weighted by Gasteiger charge is 2.30. The smallest absolute Gasteiger partial charge is 0.245 e. The number of hydrogen-bond acceptors (Lipinski definition) is 8. The molecule has 1 aliphatic heterocycles. The number of aromatic nitrogens is 1. The number of hydrogen-bond donors (Lipinski definition) is 0. The molecule has 0 bridgehead atoms. The van der Waals surface area contributed by atoms with Crippen LogP contribution in [0, 0.1) is 0 Å². The van der Waals surface area contributed by atoms with E-state index in [1.807, 2.05) is 35.7 Å². The van der Waals surface area contributed by atoms with Crippen LogP contribution in [0.25, 0.3) is 10.9 Å². The predicted octanol–water partition coefficient (Wildman–Crippen LogP) is 3.89. The number of benzene rings is 2. The summed E-state index contributed by atoms with van der Waals surface area (Å²) in [6, 6.07) is 18.0. The van der Waals surface area contributed by atoms with Gasteiger partial charge in [0, 0.05) is 36.7 Å². The number of thiophene rings is 1. The molecule has 11 heteroatoms. The lowest BCUT2D eigenvalue weighted by Gasteiger charge is -2.27. The number of nitrogens with zero attached hydrogens (tertiary/aromatic N) is 3. The van der Waals surface area contributed by atoms with Gasteiger partial charge in [0.15, 0.2) is 11.5 Å². The zero-order valence-corrected chi connectivity index (χ0v) is 22.4. The molecule has 2 aromatic heterocycles. The van der Waals surface area contributed by atoms with Crippen LogP contribution in [0.1, 0.15) is 10.4 Å². The first-order valence-corrected chi connectivity index (χ1v) is 14.3. The van der Waals surface area contributed by atoms with Gasteiger partial charge < -0.3 is 19.1 Å². The number of carbonyl (C=O) groups excluding carboxylic acids is 1. The second-order valence-corrected chi connectivity index (χ2v) is 11.6. The SMILES string of the molecule is COCCN(CC(=O)N(Cc1ccc2c(c1)OCO2)Cc1cccs1)S(=O)(=O)c1cccc2cccnc12. The van der Waals surface area contributed by atoms with Crippen molar-refractivity contribution in [3.8, 4) is 11.5 Å². The number of ether oxygens (including phenoxy) is 3. The van der Waals surface area contributed by atoms with E-state index in [0.717, 1.165) is 10.4 Å². The maximum atomic E-state index is 13.8. The minimum atomic E-state index is -4.06. The first kappa shape index (κ1) is 26.1. The number of fused-ring (bicyclic) bond motifs is 2. The van der Waals surface area contributed by atoms with E-state index in [1.54, 1.807) is 35.4 Å². The number of sulfonamides is 1. The van der Waals surface area contributed by atoms with Gasteiger partial charge in [-0.1, -0.05) is 30.3 Å². The number of carbonyl (C=O) groups is 1. The summed E-state index contributed by atoms with van der Waals surface area (Å²) in [6.45, 7) is 0.597. The summed E-state index contributed by atoms with van der Waals surface area (Å²) < 4.78 is 44.9.